The molecule has 2 aliphatic rings. The van der Waals surface area contributed by atoms with Crippen molar-refractivity contribution in [2.45, 2.75) is 71.6 Å². The van der Waals surface area contributed by atoms with Crippen LogP contribution in [0.2, 0.25) is 0 Å². The number of nitrogens with one attached hydrogen (secondary N) is 2. The molecule has 0 spiro atoms. The van der Waals surface area contributed by atoms with Gasteiger partial charge in [0, 0.05) is 38.8 Å². The molecule has 16 heteroatoms. The molecular weight excluding hydrogens is 1370 g/mol. The molecule has 12 aromatic carbocycles. The maximum atomic E-state index is 14.0. The molecule has 2 N–H and O–H groups in total. The van der Waals surface area contributed by atoms with Crippen LogP contribution in [0, 0.1) is 0 Å². The van der Waals surface area contributed by atoms with Crippen LogP contribution in [0.4, 0.5) is 22.7 Å². The number of fused-ring (bicyclic) bond motifs is 2. The Morgan fingerprint density at radius 2 is 0.450 bits per heavy atom. The summed E-state index contributed by atoms with van der Waals surface area (Å²) in [5, 5.41) is 5.59. The van der Waals surface area contributed by atoms with Crippen molar-refractivity contribution in [2.75, 3.05) is 20.4 Å². The van der Waals surface area contributed by atoms with Crippen molar-refractivity contribution in [1.29, 1.82) is 0 Å². The lowest BCUT2D eigenvalue weighted by atomic mass is 9.78. The Bertz CT molecular complexity index is 5180. The van der Waals surface area contributed by atoms with Gasteiger partial charge in [0.1, 0.15) is 69.0 Å². The van der Waals surface area contributed by atoms with Crippen molar-refractivity contribution in [1.82, 2.24) is 0 Å². The molecule has 0 atom stereocenters. The monoisotopic (exact) mass is 1440 g/mol. The quantitative estimate of drug-likeness (QED) is 0.0431. The molecule has 2 aliphatic heterocycles. The minimum absolute atomic E-state index is 0.231. The average Bonchev–Trinajstić information content (AvgIpc) is 1.63. The second-order valence-corrected chi connectivity index (χ2v) is 28.4. The summed E-state index contributed by atoms with van der Waals surface area (Å²) in [7, 11) is 0. The van der Waals surface area contributed by atoms with Gasteiger partial charge in [-0.3, -0.25) is 28.8 Å². The number of rotatable bonds is 24. The van der Waals surface area contributed by atoms with Crippen LogP contribution >= 0.6 is 0 Å². The first-order valence-corrected chi connectivity index (χ1v) is 35.4. The number of anilines is 4. The summed E-state index contributed by atoms with van der Waals surface area (Å²) in [5.41, 5.74) is 9.15. The van der Waals surface area contributed by atoms with Gasteiger partial charge in [-0.2, -0.15) is 0 Å². The number of hydrogen-bond acceptors (Lipinski definition) is 12. The lowest BCUT2D eigenvalue weighted by Gasteiger charge is -2.26. The van der Waals surface area contributed by atoms with E-state index in [1.165, 1.54) is 0 Å². The van der Waals surface area contributed by atoms with Gasteiger partial charge in [0.15, 0.2) is 0 Å². The topological polar surface area (TPSA) is 188 Å². The second-order valence-electron chi connectivity index (χ2n) is 28.4. The van der Waals surface area contributed by atoms with E-state index in [1.807, 2.05) is 146 Å². The fourth-order valence-corrected chi connectivity index (χ4v) is 13.0. The van der Waals surface area contributed by atoms with Crippen molar-refractivity contribution >= 4 is 58.2 Å². The third-order valence-electron chi connectivity index (χ3n) is 19.8. The fraction of sp³-hybridized carbons (Fsp3) is 0.118. The highest BCUT2D eigenvalue weighted by molar-refractivity contribution is 6.35. The van der Waals surface area contributed by atoms with E-state index in [1.54, 1.807) is 147 Å². The fourth-order valence-electron chi connectivity index (χ4n) is 13.0. The van der Waals surface area contributed by atoms with Gasteiger partial charge >= 0.3 is 0 Å². The summed E-state index contributed by atoms with van der Waals surface area (Å²) >= 11 is 0. The largest absolute Gasteiger partial charge is 0.457 e. The van der Waals surface area contributed by atoms with Crippen LogP contribution in [-0.2, 0) is 25.8 Å². The summed E-state index contributed by atoms with van der Waals surface area (Å²) in [6, 6.07) is 84.8. The van der Waals surface area contributed by atoms with E-state index in [2.05, 4.69) is 65.3 Å². The van der Waals surface area contributed by atoms with Crippen LogP contribution in [0.15, 0.2) is 303 Å². The number of nitrogens with zero attached hydrogens (tertiary/aromatic N) is 2. The molecule has 6 amide bonds. The van der Waals surface area contributed by atoms with Crippen molar-refractivity contribution in [3.05, 3.63) is 359 Å². The molecule has 0 saturated carbocycles. The Labute approximate surface area is 632 Å². The van der Waals surface area contributed by atoms with E-state index < -0.39 is 29.0 Å². The molecule has 0 radical (unpaired) electrons. The molecule has 12 aromatic rings. The Balaban J connectivity index is 0.539. The summed E-state index contributed by atoms with van der Waals surface area (Å²) in [6.45, 7) is 23.5. The van der Waals surface area contributed by atoms with Crippen LogP contribution in [0.3, 0.4) is 0 Å². The second kappa shape index (κ2) is 29.6. The molecule has 0 bridgehead atoms. The van der Waals surface area contributed by atoms with Gasteiger partial charge in [0.2, 0.25) is 0 Å². The Morgan fingerprint density at radius 3 is 0.670 bits per heavy atom. The van der Waals surface area contributed by atoms with Crippen LogP contribution in [0.1, 0.15) is 130 Å². The number of carbonyl (C=O) groups is 6. The van der Waals surface area contributed by atoms with E-state index in [-0.39, 0.29) is 44.9 Å². The predicted octanol–water partition coefficient (Wildman–Crippen LogP) is 22.0. The highest BCUT2D eigenvalue weighted by atomic mass is 16.5. The van der Waals surface area contributed by atoms with E-state index in [0.717, 1.165) is 43.2 Å². The Morgan fingerprint density at radius 1 is 0.266 bits per heavy atom. The van der Waals surface area contributed by atoms with Gasteiger partial charge in [-0.25, -0.2) is 9.80 Å². The number of imide groups is 2. The minimum Gasteiger partial charge on any atom is -0.457 e. The van der Waals surface area contributed by atoms with Gasteiger partial charge in [-0.05, 0) is 253 Å². The Hall–Kier alpha value is -13.9. The number of amides is 6. The molecule has 14 rings (SSSR count). The minimum atomic E-state index is -0.467. The highest BCUT2D eigenvalue weighted by Crippen LogP contribution is 2.42. The first kappa shape index (κ1) is 72.1. The summed E-state index contributed by atoms with van der Waals surface area (Å²) in [5.74, 6) is 4.51. The zero-order valence-electron chi connectivity index (χ0n) is 61.3. The maximum Gasteiger partial charge on any atom is 0.266 e. The third-order valence-corrected chi connectivity index (χ3v) is 19.8. The van der Waals surface area contributed by atoms with Crippen molar-refractivity contribution in [3.63, 3.8) is 0 Å². The molecule has 16 nitrogen and oxygen atoms in total. The third kappa shape index (κ3) is 15.4. The van der Waals surface area contributed by atoms with Gasteiger partial charge in [-0.1, -0.05) is 127 Å². The Kier molecular flexibility index (Phi) is 19.6. The van der Waals surface area contributed by atoms with Gasteiger partial charge in [-0.15, -0.1) is 0 Å². The van der Waals surface area contributed by atoms with Gasteiger partial charge in [0.05, 0.1) is 33.6 Å². The molecule has 0 unspecified atom stereocenters. The summed E-state index contributed by atoms with van der Waals surface area (Å²) in [6.07, 6.45) is 0. The zero-order chi connectivity index (χ0) is 76.5. The lowest BCUT2D eigenvalue weighted by Crippen LogP contribution is -2.29. The molecule has 2 heterocycles. The molecule has 0 saturated heterocycles. The van der Waals surface area contributed by atoms with E-state index in [0.29, 0.717) is 103 Å². The molecule has 0 aliphatic carbocycles. The molecule has 0 aromatic heterocycles. The summed E-state index contributed by atoms with van der Waals surface area (Å²) < 4.78 is 37.2. The first-order chi connectivity index (χ1) is 52.3. The zero-order valence-corrected chi connectivity index (χ0v) is 61.3. The van der Waals surface area contributed by atoms with Gasteiger partial charge < -0.3 is 39.1 Å². The van der Waals surface area contributed by atoms with Crippen molar-refractivity contribution < 1.29 is 57.2 Å². The molecular formula is C93H76N4O12. The smallest absolute Gasteiger partial charge is 0.266 e. The first-order valence-electron chi connectivity index (χ1n) is 35.4. The van der Waals surface area contributed by atoms with Crippen molar-refractivity contribution in [2.24, 2.45) is 0 Å². The lowest BCUT2D eigenvalue weighted by molar-refractivity contribution is -0.113. The predicted molar refractivity (Wildman–Crippen MR) is 423 cm³/mol. The van der Waals surface area contributed by atoms with E-state index in [9.17, 15) is 28.8 Å². The van der Waals surface area contributed by atoms with Crippen LogP contribution in [0.25, 0.3) is 0 Å². The highest BCUT2D eigenvalue weighted by Gasteiger charge is 2.39. The maximum absolute atomic E-state index is 14.0. The van der Waals surface area contributed by atoms with Crippen LogP contribution < -0.4 is 48.9 Å². The number of benzene rings is 12. The molecule has 540 valence electrons. The number of ether oxygens (including phenoxy) is 6. The summed E-state index contributed by atoms with van der Waals surface area (Å²) in [4.78, 5) is 81.7. The number of hydrogen-bond donors (Lipinski definition) is 2. The molecule has 0 fully saturated rings. The standard InChI is InChI=1S/C93H76N4O12/c1-57(2)85(98)94-65-23-43-75(44-24-65)104-69-31-11-59(12-32-69)91(5,6)61-15-35-71(36-16-61)106-77-47-27-67(28-48-77)96-87(100)81-53-51-79(55-83(81)89(96)102)108-73-39-19-63(20-40-73)93(9,10)64-21-41-74(42-22-64)109-80-52-54-82-84(56-80)90(103)97(88(82)101)68-29-49-78(50-30-68)107-72-37-17-62(18-38-72)92(7,8)60-13-33-70(34-14-60)105-76-45-25-66(26-46-76)95-86(99)58(3)4/h11-56H,1,3H2,2,4-10H3,(H,94,98)(H,95,99). The average molecular weight is 1440 g/mol. The molecule has 109 heavy (non-hydrogen) atoms. The van der Waals surface area contributed by atoms with Crippen molar-refractivity contribution in [3.8, 4) is 69.0 Å². The SMILES string of the molecule is C=C(C)C(=O)Nc1ccc(Oc2ccc(C(C)(C)c3ccc(Oc4ccc(N5C(=O)c6ccc(Oc7ccc(C(C)(C)c8ccc(Oc9ccc%10c(c9)C(=O)N(c9ccc(Oc%11ccc(C(C)(C)c%12ccc(Oc%13ccc(NC(=O)C(=C)C)cc%13)cc%12)cc%11)cc9)C%10=O)cc8)cc7)cc6C5=O)cc4)cc3)cc2)cc1. The van der Waals surface area contributed by atoms with Crippen LogP contribution in [0.5, 0.6) is 69.0 Å². The van der Waals surface area contributed by atoms with E-state index in [4.69, 9.17) is 28.4 Å². The van der Waals surface area contributed by atoms with Gasteiger partial charge in [0.25, 0.3) is 35.4 Å². The van der Waals surface area contributed by atoms with Crippen LogP contribution in [-0.4, -0.2) is 35.4 Å². The normalized spacial score (nSPS) is 12.6. The van der Waals surface area contributed by atoms with E-state index >= 15 is 0 Å². The number of carbonyl (C=O) groups excluding carboxylic acids is 6.